The Kier molecular flexibility index (Phi) is 5.45. The van der Waals surface area contributed by atoms with Gasteiger partial charge in [-0.05, 0) is 25.0 Å². The molecule has 1 fully saturated rings. The fourth-order valence-corrected chi connectivity index (χ4v) is 5.33. The van der Waals surface area contributed by atoms with Crippen molar-refractivity contribution in [3.63, 3.8) is 0 Å². The molecule has 156 valence electrons. The molecule has 0 aliphatic carbocycles. The SMILES string of the molecule is O=C(Nc1nc2c(s1)CN(C(=O)CSc1nc3ccccc3o1)CC2)C1CCCO1. The molecule has 1 N–H and O–H groups in total. The summed E-state index contributed by atoms with van der Waals surface area (Å²) in [4.78, 5) is 36.7. The van der Waals surface area contributed by atoms with Crippen LogP contribution < -0.4 is 5.32 Å². The molecule has 1 aromatic carbocycles. The minimum absolute atomic E-state index is 0.0336. The van der Waals surface area contributed by atoms with E-state index in [0.717, 1.165) is 34.5 Å². The standard InChI is InChI=1S/C20H20N4O4S2/c25-17(11-29-20-22-12-4-1-2-5-14(12)28-20)24-8-7-13-16(10-24)30-19(21-13)23-18(26)15-6-3-9-27-15/h1-2,4-5,15H,3,6-11H2,(H,21,23,26). The molecule has 8 nitrogen and oxygen atoms in total. The van der Waals surface area contributed by atoms with E-state index in [1.165, 1.54) is 23.1 Å². The summed E-state index contributed by atoms with van der Waals surface area (Å²) in [5, 5.41) is 3.94. The van der Waals surface area contributed by atoms with Gasteiger partial charge in [-0.1, -0.05) is 35.2 Å². The van der Waals surface area contributed by atoms with Gasteiger partial charge in [0.2, 0.25) is 5.91 Å². The molecule has 5 rings (SSSR count). The summed E-state index contributed by atoms with van der Waals surface area (Å²) in [6.07, 6.45) is 1.95. The van der Waals surface area contributed by atoms with Gasteiger partial charge in [-0.2, -0.15) is 0 Å². The zero-order valence-corrected chi connectivity index (χ0v) is 17.8. The van der Waals surface area contributed by atoms with Crippen LogP contribution >= 0.6 is 23.1 Å². The van der Waals surface area contributed by atoms with E-state index in [2.05, 4.69) is 15.3 Å². The topological polar surface area (TPSA) is 97.6 Å². The number of oxazole rings is 1. The van der Waals surface area contributed by atoms with Crippen molar-refractivity contribution < 1.29 is 18.7 Å². The number of nitrogens with zero attached hydrogens (tertiary/aromatic N) is 3. The number of hydrogen-bond acceptors (Lipinski definition) is 8. The van der Waals surface area contributed by atoms with Gasteiger partial charge >= 0.3 is 0 Å². The van der Waals surface area contributed by atoms with Gasteiger partial charge in [-0.25, -0.2) is 9.97 Å². The molecule has 0 saturated carbocycles. The Bertz CT molecular complexity index is 1060. The number of nitrogens with one attached hydrogen (secondary N) is 1. The molecule has 0 spiro atoms. The number of fused-ring (bicyclic) bond motifs is 2. The van der Waals surface area contributed by atoms with Gasteiger partial charge in [-0.3, -0.25) is 14.9 Å². The number of ether oxygens (including phenoxy) is 1. The highest BCUT2D eigenvalue weighted by Gasteiger charge is 2.27. The number of carbonyl (C=O) groups excluding carboxylic acids is 2. The summed E-state index contributed by atoms with van der Waals surface area (Å²) in [7, 11) is 0. The lowest BCUT2D eigenvalue weighted by Crippen LogP contribution is -2.36. The van der Waals surface area contributed by atoms with Crippen LogP contribution in [-0.4, -0.2) is 51.7 Å². The summed E-state index contributed by atoms with van der Waals surface area (Å²) < 4.78 is 11.1. The summed E-state index contributed by atoms with van der Waals surface area (Å²) in [5.41, 5.74) is 2.47. The Balaban J connectivity index is 1.18. The van der Waals surface area contributed by atoms with E-state index in [9.17, 15) is 9.59 Å². The molecule has 2 aromatic heterocycles. The maximum absolute atomic E-state index is 12.7. The number of thiazole rings is 1. The first-order valence-corrected chi connectivity index (χ1v) is 11.6. The van der Waals surface area contributed by atoms with Crippen LogP contribution in [0.4, 0.5) is 5.13 Å². The third-order valence-electron chi connectivity index (χ3n) is 5.13. The van der Waals surface area contributed by atoms with Crippen LogP contribution in [0.15, 0.2) is 33.9 Å². The highest BCUT2D eigenvalue weighted by atomic mass is 32.2. The fraction of sp³-hybridized carbons (Fsp3) is 0.400. The van der Waals surface area contributed by atoms with E-state index in [-0.39, 0.29) is 23.7 Å². The first kappa shape index (κ1) is 19.5. The second kappa shape index (κ2) is 8.37. The van der Waals surface area contributed by atoms with Crippen molar-refractivity contribution in [1.82, 2.24) is 14.9 Å². The Morgan fingerprint density at radius 2 is 2.20 bits per heavy atom. The van der Waals surface area contributed by atoms with Crippen molar-refractivity contribution in [3.05, 3.63) is 34.8 Å². The molecule has 3 aromatic rings. The van der Waals surface area contributed by atoms with Crippen LogP contribution in [-0.2, 0) is 27.3 Å². The number of thioether (sulfide) groups is 1. The van der Waals surface area contributed by atoms with Crippen LogP contribution in [0.5, 0.6) is 0 Å². The molecule has 0 radical (unpaired) electrons. The lowest BCUT2D eigenvalue weighted by atomic mass is 10.2. The number of hydrogen-bond donors (Lipinski definition) is 1. The van der Waals surface area contributed by atoms with Crippen LogP contribution in [0.2, 0.25) is 0 Å². The monoisotopic (exact) mass is 444 g/mol. The van der Waals surface area contributed by atoms with Gasteiger partial charge in [0.15, 0.2) is 10.7 Å². The van der Waals surface area contributed by atoms with Crippen molar-refractivity contribution in [2.75, 3.05) is 24.2 Å². The lowest BCUT2D eigenvalue weighted by Gasteiger charge is -2.25. The van der Waals surface area contributed by atoms with Gasteiger partial charge in [0, 0.05) is 24.4 Å². The van der Waals surface area contributed by atoms with Gasteiger partial charge in [0.25, 0.3) is 11.1 Å². The molecule has 1 atom stereocenters. The Hall–Kier alpha value is -2.43. The minimum Gasteiger partial charge on any atom is -0.431 e. The average molecular weight is 445 g/mol. The maximum atomic E-state index is 12.7. The van der Waals surface area contributed by atoms with Gasteiger partial charge in [0.05, 0.1) is 18.0 Å². The van der Waals surface area contributed by atoms with Crippen molar-refractivity contribution in [3.8, 4) is 0 Å². The van der Waals surface area contributed by atoms with Crippen LogP contribution in [0.1, 0.15) is 23.4 Å². The second-order valence-electron chi connectivity index (χ2n) is 7.18. The van der Waals surface area contributed by atoms with Gasteiger partial charge in [0.1, 0.15) is 11.6 Å². The third kappa shape index (κ3) is 4.07. The predicted molar refractivity (Wildman–Crippen MR) is 114 cm³/mol. The van der Waals surface area contributed by atoms with Crippen molar-refractivity contribution in [1.29, 1.82) is 0 Å². The maximum Gasteiger partial charge on any atom is 0.257 e. The van der Waals surface area contributed by atoms with Crippen LogP contribution in [0.3, 0.4) is 0 Å². The van der Waals surface area contributed by atoms with Crippen LogP contribution in [0, 0.1) is 0 Å². The number of benzene rings is 1. The van der Waals surface area contributed by atoms with Crippen molar-refractivity contribution in [2.24, 2.45) is 0 Å². The molecular weight excluding hydrogens is 424 g/mol. The molecule has 1 unspecified atom stereocenters. The summed E-state index contributed by atoms with van der Waals surface area (Å²) in [5.74, 6) is 0.163. The van der Waals surface area contributed by atoms with E-state index >= 15 is 0 Å². The zero-order valence-electron chi connectivity index (χ0n) is 16.1. The van der Waals surface area contributed by atoms with Gasteiger partial charge < -0.3 is 14.1 Å². The van der Waals surface area contributed by atoms with E-state index in [1.54, 1.807) is 0 Å². The zero-order chi connectivity index (χ0) is 20.5. The molecular formula is C20H20N4O4S2. The van der Waals surface area contributed by atoms with Crippen LogP contribution in [0.25, 0.3) is 11.1 Å². The predicted octanol–water partition coefficient (Wildman–Crippen LogP) is 3.08. The molecule has 0 bridgehead atoms. The minimum atomic E-state index is -0.382. The molecule has 1 saturated heterocycles. The Morgan fingerprint density at radius 1 is 1.30 bits per heavy atom. The van der Waals surface area contributed by atoms with Gasteiger partial charge in [-0.15, -0.1) is 0 Å². The van der Waals surface area contributed by atoms with Crippen molar-refractivity contribution >= 4 is 51.1 Å². The smallest absolute Gasteiger partial charge is 0.257 e. The summed E-state index contributed by atoms with van der Waals surface area (Å²) in [6.45, 7) is 1.75. The van der Waals surface area contributed by atoms with E-state index in [4.69, 9.17) is 9.15 Å². The first-order valence-electron chi connectivity index (χ1n) is 9.83. The lowest BCUT2D eigenvalue weighted by molar-refractivity contribution is -0.129. The van der Waals surface area contributed by atoms with E-state index < -0.39 is 0 Å². The summed E-state index contributed by atoms with van der Waals surface area (Å²) in [6, 6.07) is 7.54. The molecule has 2 aliphatic heterocycles. The Morgan fingerprint density at radius 3 is 3.03 bits per heavy atom. The molecule has 4 heterocycles. The molecule has 10 heteroatoms. The summed E-state index contributed by atoms with van der Waals surface area (Å²) >= 11 is 2.74. The van der Waals surface area contributed by atoms with E-state index in [1.807, 2.05) is 29.2 Å². The normalized spacial score (nSPS) is 18.5. The highest BCUT2D eigenvalue weighted by Crippen LogP contribution is 2.30. The Labute approximate surface area is 181 Å². The number of aromatic nitrogens is 2. The molecule has 2 aliphatic rings. The number of amides is 2. The highest BCUT2D eigenvalue weighted by molar-refractivity contribution is 7.99. The quantitative estimate of drug-likeness (QED) is 0.604. The van der Waals surface area contributed by atoms with Crippen molar-refractivity contribution in [2.45, 2.75) is 37.1 Å². The number of carbonyl (C=O) groups is 2. The first-order chi connectivity index (χ1) is 14.7. The third-order valence-corrected chi connectivity index (χ3v) is 6.94. The number of para-hydroxylation sites is 2. The molecule has 30 heavy (non-hydrogen) atoms. The number of rotatable bonds is 5. The van der Waals surface area contributed by atoms with E-state index in [0.29, 0.717) is 36.5 Å². The number of anilines is 1. The fourth-order valence-electron chi connectivity index (χ4n) is 3.56. The molecule has 2 amide bonds. The average Bonchev–Trinajstić information content (AvgIpc) is 3.49. The second-order valence-corrected chi connectivity index (χ2v) is 9.19. The largest absolute Gasteiger partial charge is 0.431 e.